The first-order chi connectivity index (χ1) is 15.3. The SMILES string of the molecule is CCCOc1ccc(S(=O)(=O)Nc2cnc[nH]2)cc1-c1nc2cc(N)c(N)cc2c(=O)[nH]1. The van der Waals surface area contributed by atoms with E-state index in [-0.39, 0.29) is 33.3 Å². The van der Waals surface area contributed by atoms with Gasteiger partial charge in [0, 0.05) is 0 Å². The van der Waals surface area contributed by atoms with Crippen LogP contribution in [0.4, 0.5) is 17.2 Å². The van der Waals surface area contributed by atoms with Crippen molar-refractivity contribution in [1.29, 1.82) is 0 Å². The fraction of sp³-hybridized carbons (Fsp3) is 0.150. The van der Waals surface area contributed by atoms with Crippen LogP contribution >= 0.6 is 0 Å². The van der Waals surface area contributed by atoms with Gasteiger partial charge in [-0.15, -0.1) is 0 Å². The molecule has 0 fully saturated rings. The monoisotopic (exact) mass is 455 g/mol. The molecule has 2 heterocycles. The van der Waals surface area contributed by atoms with Crippen LogP contribution in [0.15, 0.2) is 52.5 Å². The minimum absolute atomic E-state index is 0.0504. The average Bonchev–Trinajstić information content (AvgIpc) is 3.25. The number of anilines is 3. The maximum atomic E-state index is 12.8. The van der Waals surface area contributed by atoms with E-state index in [0.717, 1.165) is 6.42 Å². The Kier molecular flexibility index (Phi) is 5.45. The summed E-state index contributed by atoms with van der Waals surface area (Å²) in [4.78, 5) is 26.3. The molecule has 0 bridgehead atoms. The van der Waals surface area contributed by atoms with Crippen molar-refractivity contribution in [2.45, 2.75) is 18.2 Å². The minimum atomic E-state index is -3.95. The quantitative estimate of drug-likeness (QED) is 0.262. The Bertz CT molecular complexity index is 1450. The molecule has 0 radical (unpaired) electrons. The Morgan fingerprint density at radius 1 is 1.16 bits per heavy atom. The lowest BCUT2D eigenvalue weighted by Gasteiger charge is -2.14. The van der Waals surface area contributed by atoms with Crippen molar-refractivity contribution in [3.63, 3.8) is 0 Å². The number of imidazole rings is 1. The molecule has 4 aromatic rings. The molecule has 11 nitrogen and oxygen atoms in total. The molecular formula is C20H21N7O4S. The number of rotatable bonds is 7. The van der Waals surface area contributed by atoms with Gasteiger partial charge in [-0.3, -0.25) is 9.52 Å². The molecule has 0 spiro atoms. The van der Waals surface area contributed by atoms with E-state index in [2.05, 4.69) is 24.7 Å². The van der Waals surface area contributed by atoms with Crippen molar-refractivity contribution in [2.75, 3.05) is 22.8 Å². The first-order valence-corrected chi connectivity index (χ1v) is 11.1. The second-order valence-corrected chi connectivity index (χ2v) is 8.67. The molecule has 0 aliphatic carbocycles. The van der Waals surface area contributed by atoms with Crippen LogP contribution in [-0.4, -0.2) is 35.0 Å². The topological polar surface area (TPSA) is 182 Å². The fourth-order valence-electron chi connectivity index (χ4n) is 3.06. The maximum absolute atomic E-state index is 12.8. The second kappa shape index (κ2) is 8.23. The lowest BCUT2D eigenvalue weighted by molar-refractivity contribution is 0.318. The normalized spacial score (nSPS) is 11.5. The van der Waals surface area contributed by atoms with E-state index < -0.39 is 15.6 Å². The molecule has 12 heteroatoms. The van der Waals surface area contributed by atoms with E-state index in [9.17, 15) is 13.2 Å². The van der Waals surface area contributed by atoms with Gasteiger partial charge < -0.3 is 26.2 Å². The van der Waals surface area contributed by atoms with Crippen molar-refractivity contribution >= 4 is 38.1 Å². The van der Waals surface area contributed by atoms with E-state index in [4.69, 9.17) is 16.2 Å². The number of nitrogens with zero attached hydrogens (tertiary/aromatic N) is 2. The molecule has 0 aliphatic rings. The number of sulfonamides is 1. The Labute approximate surface area is 182 Å². The zero-order valence-electron chi connectivity index (χ0n) is 17.0. The first kappa shape index (κ1) is 21.2. The fourth-order valence-corrected chi connectivity index (χ4v) is 4.10. The molecule has 2 aromatic carbocycles. The van der Waals surface area contributed by atoms with Crippen molar-refractivity contribution in [3.8, 4) is 17.1 Å². The Morgan fingerprint density at radius 2 is 1.94 bits per heavy atom. The number of hydrogen-bond acceptors (Lipinski definition) is 8. The van der Waals surface area contributed by atoms with Gasteiger partial charge in [0.1, 0.15) is 17.4 Å². The molecule has 0 amide bonds. The zero-order valence-corrected chi connectivity index (χ0v) is 17.9. The number of nitrogens with two attached hydrogens (primary N) is 2. The molecule has 0 saturated heterocycles. The van der Waals surface area contributed by atoms with Crippen LogP contribution < -0.4 is 26.5 Å². The summed E-state index contributed by atoms with van der Waals surface area (Å²) in [5.74, 6) is 0.720. The number of fused-ring (bicyclic) bond motifs is 1. The van der Waals surface area contributed by atoms with Gasteiger partial charge in [-0.25, -0.2) is 18.4 Å². The summed E-state index contributed by atoms with van der Waals surface area (Å²) in [6, 6.07) is 7.26. The molecule has 32 heavy (non-hydrogen) atoms. The smallest absolute Gasteiger partial charge is 0.263 e. The molecule has 0 unspecified atom stereocenters. The summed E-state index contributed by atoms with van der Waals surface area (Å²) in [5.41, 5.74) is 12.4. The highest BCUT2D eigenvalue weighted by Gasteiger charge is 2.20. The van der Waals surface area contributed by atoms with Gasteiger partial charge in [-0.1, -0.05) is 6.92 Å². The van der Waals surface area contributed by atoms with E-state index in [1.807, 2.05) is 6.92 Å². The zero-order chi connectivity index (χ0) is 22.9. The van der Waals surface area contributed by atoms with Crippen molar-refractivity contribution in [3.05, 3.63) is 53.2 Å². The third-order valence-electron chi connectivity index (χ3n) is 4.63. The Balaban J connectivity index is 1.87. The van der Waals surface area contributed by atoms with Crippen LogP contribution in [-0.2, 0) is 10.0 Å². The number of hydrogen-bond donors (Lipinski definition) is 5. The molecule has 0 atom stereocenters. The van der Waals surface area contributed by atoms with Gasteiger partial charge in [0.2, 0.25) is 0 Å². The summed E-state index contributed by atoms with van der Waals surface area (Å²) < 4.78 is 33.9. The number of benzene rings is 2. The molecule has 0 aliphatic heterocycles. The summed E-state index contributed by atoms with van der Waals surface area (Å²) in [6.07, 6.45) is 3.43. The number of nitrogen functional groups attached to an aromatic ring is 2. The highest BCUT2D eigenvalue weighted by atomic mass is 32.2. The summed E-state index contributed by atoms with van der Waals surface area (Å²) in [6.45, 7) is 2.34. The highest BCUT2D eigenvalue weighted by molar-refractivity contribution is 7.92. The number of aromatic amines is 2. The summed E-state index contributed by atoms with van der Waals surface area (Å²) in [5, 5.41) is 0.265. The third kappa shape index (κ3) is 4.07. The second-order valence-electron chi connectivity index (χ2n) is 6.99. The summed E-state index contributed by atoms with van der Waals surface area (Å²) in [7, 11) is -3.95. The van der Waals surface area contributed by atoms with E-state index in [1.165, 1.54) is 42.9 Å². The molecule has 0 saturated carbocycles. The van der Waals surface area contributed by atoms with E-state index in [1.54, 1.807) is 0 Å². The first-order valence-electron chi connectivity index (χ1n) is 9.66. The number of ether oxygens (including phenoxy) is 1. The average molecular weight is 456 g/mol. The van der Waals surface area contributed by atoms with Crippen molar-refractivity contribution in [2.24, 2.45) is 0 Å². The number of aromatic nitrogens is 4. The minimum Gasteiger partial charge on any atom is -0.493 e. The van der Waals surface area contributed by atoms with Gasteiger partial charge >= 0.3 is 0 Å². The van der Waals surface area contributed by atoms with Crippen LogP contribution in [0.5, 0.6) is 5.75 Å². The maximum Gasteiger partial charge on any atom is 0.263 e. The van der Waals surface area contributed by atoms with Gasteiger partial charge in [-0.05, 0) is 36.8 Å². The van der Waals surface area contributed by atoms with E-state index >= 15 is 0 Å². The van der Waals surface area contributed by atoms with Crippen LogP contribution in [0.1, 0.15) is 13.3 Å². The molecule has 7 N–H and O–H groups in total. The standard InChI is InChI=1S/C20H21N7O4S/c1-2-5-31-17-4-3-11(32(29,30)27-18-9-23-10-24-18)6-13(17)19-25-16-8-15(22)14(21)7-12(16)20(28)26-19/h3-4,6-10,27H,2,5,21-22H2,1H3,(H,23,24)(H,25,26,28). The molecule has 166 valence electrons. The number of H-pyrrole nitrogens is 2. The van der Waals surface area contributed by atoms with Gasteiger partial charge in [0.15, 0.2) is 0 Å². The van der Waals surface area contributed by atoms with Crippen LogP contribution in [0, 0.1) is 0 Å². The van der Waals surface area contributed by atoms with Crippen molar-refractivity contribution in [1.82, 2.24) is 19.9 Å². The molecule has 2 aromatic heterocycles. The number of nitrogens with one attached hydrogen (secondary N) is 3. The lowest BCUT2D eigenvalue weighted by Crippen LogP contribution is -2.14. The molecular weight excluding hydrogens is 434 g/mol. The largest absolute Gasteiger partial charge is 0.493 e. The van der Waals surface area contributed by atoms with Gasteiger partial charge in [0.25, 0.3) is 15.6 Å². The predicted molar refractivity (Wildman–Crippen MR) is 122 cm³/mol. The summed E-state index contributed by atoms with van der Waals surface area (Å²) >= 11 is 0. The van der Waals surface area contributed by atoms with Crippen LogP contribution in [0.25, 0.3) is 22.3 Å². The van der Waals surface area contributed by atoms with Gasteiger partial charge in [-0.2, -0.15) is 0 Å². The molecule has 4 rings (SSSR count). The van der Waals surface area contributed by atoms with Crippen LogP contribution in [0.2, 0.25) is 0 Å². The Hall–Kier alpha value is -4.06. The van der Waals surface area contributed by atoms with Crippen molar-refractivity contribution < 1.29 is 13.2 Å². The van der Waals surface area contributed by atoms with E-state index in [0.29, 0.717) is 23.4 Å². The van der Waals surface area contributed by atoms with Gasteiger partial charge in [0.05, 0.1) is 51.9 Å². The Morgan fingerprint density at radius 3 is 2.66 bits per heavy atom. The lowest BCUT2D eigenvalue weighted by atomic mass is 10.1. The third-order valence-corrected chi connectivity index (χ3v) is 5.99. The predicted octanol–water partition coefficient (Wildman–Crippen LogP) is 2.07. The highest BCUT2D eigenvalue weighted by Crippen LogP contribution is 2.32. The van der Waals surface area contributed by atoms with Crippen LogP contribution in [0.3, 0.4) is 0 Å².